The van der Waals surface area contributed by atoms with Crippen molar-refractivity contribution in [1.82, 2.24) is 4.90 Å². The van der Waals surface area contributed by atoms with Crippen LogP contribution in [0.1, 0.15) is 43.4 Å². The van der Waals surface area contributed by atoms with Gasteiger partial charge in [-0.2, -0.15) is 13.2 Å². The number of halogens is 3. The monoisotopic (exact) mass is 529 g/mol. The van der Waals surface area contributed by atoms with E-state index in [9.17, 15) is 22.8 Å². The fraction of sp³-hybridized carbons (Fsp3) is 0.429. The van der Waals surface area contributed by atoms with Crippen LogP contribution in [-0.2, 0) is 26.9 Å². The Hall–Kier alpha value is -3.37. The number of hydrogen-bond donors (Lipinski definition) is 2. The van der Waals surface area contributed by atoms with Gasteiger partial charge in [0, 0.05) is 36.1 Å². The molecule has 0 aromatic heterocycles. The number of alkyl halides is 3. The summed E-state index contributed by atoms with van der Waals surface area (Å²) in [5.74, 6) is -0.381. The number of nitrogens with one attached hydrogen (secondary N) is 2. The van der Waals surface area contributed by atoms with Crippen LogP contribution in [0.2, 0.25) is 0 Å². The molecule has 0 spiro atoms. The van der Waals surface area contributed by atoms with Crippen LogP contribution in [0.5, 0.6) is 5.75 Å². The van der Waals surface area contributed by atoms with E-state index < -0.39 is 17.6 Å². The highest BCUT2D eigenvalue weighted by molar-refractivity contribution is 6.05. The zero-order valence-corrected chi connectivity index (χ0v) is 21.2. The van der Waals surface area contributed by atoms with Gasteiger partial charge < -0.3 is 20.1 Å². The number of allylic oxidation sites excluding steroid dienone is 1. The first-order valence-corrected chi connectivity index (χ1v) is 12.8. The molecule has 3 heterocycles. The molecule has 3 aliphatic rings. The summed E-state index contributed by atoms with van der Waals surface area (Å²) in [4.78, 5) is 28.0. The molecule has 0 aliphatic carbocycles. The number of rotatable bonds is 3. The lowest BCUT2D eigenvalue weighted by molar-refractivity contribution is -0.137. The molecular formula is C28H30F3N3O4. The fourth-order valence-corrected chi connectivity index (χ4v) is 5.38. The summed E-state index contributed by atoms with van der Waals surface area (Å²) in [6.07, 6.45) is -1.34. The number of nitrogens with zero attached hydrogens (tertiary/aromatic N) is 1. The van der Waals surface area contributed by atoms with E-state index in [-0.39, 0.29) is 36.5 Å². The number of anilines is 2. The quantitative estimate of drug-likeness (QED) is 0.555. The normalized spacial score (nSPS) is 25.0. The van der Waals surface area contributed by atoms with Crippen molar-refractivity contribution in [2.24, 2.45) is 0 Å². The summed E-state index contributed by atoms with van der Waals surface area (Å²) in [6.45, 7) is 5.64. The molecule has 1 saturated heterocycles. The SMILES string of the molecule is CC1CN(C2Cc3ccc(NC(=O)/C=C4\CCCOc5cc(C(F)(F)F)ccc54)cc3NC2=O)CC(C)O1. The van der Waals surface area contributed by atoms with Crippen LogP contribution in [-0.4, -0.2) is 54.7 Å². The highest BCUT2D eigenvalue weighted by atomic mass is 19.4. The van der Waals surface area contributed by atoms with Crippen LogP contribution in [0.15, 0.2) is 42.5 Å². The first-order chi connectivity index (χ1) is 18.1. The number of amides is 2. The maximum absolute atomic E-state index is 13.1. The molecule has 2 N–H and O–H groups in total. The summed E-state index contributed by atoms with van der Waals surface area (Å²) >= 11 is 0. The molecule has 2 aromatic carbocycles. The molecule has 10 heteroatoms. The average Bonchev–Trinajstić information content (AvgIpc) is 3.04. The predicted molar refractivity (Wildman–Crippen MR) is 137 cm³/mol. The van der Waals surface area contributed by atoms with Crippen molar-refractivity contribution in [3.8, 4) is 5.75 Å². The fourth-order valence-electron chi connectivity index (χ4n) is 5.38. The molecule has 38 heavy (non-hydrogen) atoms. The molecule has 2 aromatic rings. The van der Waals surface area contributed by atoms with E-state index in [0.29, 0.717) is 54.9 Å². The Morgan fingerprint density at radius 2 is 1.89 bits per heavy atom. The second-order valence-corrected chi connectivity index (χ2v) is 10.1. The minimum atomic E-state index is -4.48. The van der Waals surface area contributed by atoms with Crippen molar-refractivity contribution in [3.05, 3.63) is 59.2 Å². The van der Waals surface area contributed by atoms with E-state index >= 15 is 0 Å². The van der Waals surface area contributed by atoms with Crippen LogP contribution in [0.3, 0.4) is 0 Å². The lowest BCUT2D eigenvalue weighted by Gasteiger charge is -2.41. The van der Waals surface area contributed by atoms with Gasteiger partial charge in [0.1, 0.15) is 5.75 Å². The van der Waals surface area contributed by atoms with Gasteiger partial charge in [-0.25, -0.2) is 0 Å². The zero-order valence-electron chi connectivity index (χ0n) is 21.2. The van der Waals surface area contributed by atoms with E-state index in [1.165, 1.54) is 12.1 Å². The molecule has 3 unspecified atom stereocenters. The van der Waals surface area contributed by atoms with Gasteiger partial charge in [-0.1, -0.05) is 12.1 Å². The number of morpholine rings is 1. The minimum Gasteiger partial charge on any atom is -0.493 e. The third-order valence-corrected chi connectivity index (χ3v) is 7.05. The number of carbonyl (C=O) groups excluding carboxylic acids is 2. The van der Waals surface area contributed by atoms with Crippen molar-refractivity contribution < 1.29 is 32.2 Å². The molecule has 3 atom stereocenters. The van der Waals surface area contributed by atoms with E-state index in [1.807, 2.05) is 19.9 Å². The van der Waals surface area contributed by atoms with Crippen LogP contribution < -0.4 is 15.4 Å². The Balaban J connectivity index is 1.30. The number of carbonyl (C=O) groups is 2. The van der Waals surface area contributed by atoms with Crippen molar-refractivity contribution in [2.45, 2.75) is 57.5 Å². The average molecular weight is 530 g/mol. The number of ether oxygens (including phenoxy) is 2. The number of fused-ring (bicyclic) bond motifs is 2. The third kappa shape index (κ3) is 5.71. The Bertz CT molecular complexity index is 1270. The third-order valence-electron chi connectivity index (χ3n) is 7.05. The lowest BCUT2D eigenvalue weighted by atomic mass is 9.96. The first kappa shape index (κ1) is 26.2. The van der Waals surface area contributed by atoms with Crippen LogP contribution >= 0.6 is 0 Å². The summed E-state index contributed by atoms with van der Waals surface area (Å²) in [6, 6.07) is 8.45. The molecule has 3 aliphatic heterocycles. The summed E-state index contributed by atoms with van der Waals surface area (Å²) < 4.78 is 50.7. The number of benzene rings is 2. The largest absolute Gasteiger partial charge is 0.493 e. The van der Waals surface area contributed by atoms with Gasteiger partial charge in [0.15, 0.2) is 0 Å². The smallest absolute Gasteiger partial charge is 0.416 e. The van der Waals surface area contributed by atoms with Crippen LogP contribution in [0.4, 0.5) is 24.5 Å². The Morgan fingerprint density at radius 3 is 2.63 bits per heavy atom. The molecule has 1 fully saturated rings. The van der Waals surface area contributed by atoms with Crippen molar-refractivity contribution >= 4 is 28.8 Å². The van der Waals surface area contributed by atoms with Gasteiger partial charge in [0.05, 0.1) is 30.4 Å². The highest BCUT2D eigenvalue weighted by Gasteiger charge is 2.35. The molecule has 0 radical (unpaired) electrons. The number of hydrogen-bond acceptors (Lipinski definition) is 5. The van der Waals surface area contributed by atoms with Gasteiger partial charge in [-0.05, 0) is 68.5 Å². The summed E-state index contributed by atoms with van der Waals surface area (Å²) in [5, 5.41) is 5.79. The minimum absolute atomic E-state index is 0.0540. The molecule has 0 bridgehead atoms. The van der Waals surface area contributed by atoms with E-state index in [4.69, 9.17) is 9.47 Å². The molecular weight excluding hydrogens is 499 g/mol. The van der Waals surface area contributed by atoms with Crippen LogP contribution in [0, 0.1) is 0 Å². The molecule has 0 saturated carbocycles. The Morgan fingerprint density at radius 1 is 1.13 bits per heavy atom. The maximum Gasteiger partial charge on any atom is 0.416 e. The molecule has 2 amide bonds. The van der Waals surface area contributed by atoms with Crippen molar-refractivity contribution in [3.63, 3.8) is 0 Å². The maximum atomic E-state index is 13.1. The highest BCUT2D eigenvalue weighted by Crippen LogP contribution is 2.38. The molecule has 202 valence electrons. The van der Waals surface area contributed by atoms with Crippen molar-refractivity contribution in [1.29, 1.82) is 0 Å². The van der Waals surface area contributed by atoms with Gasteiger partial charge >= 0.3 is 6.18 Å². The molecule has 7 nitrogen and oxygen atoms in total. The van der Waals surface area contributed by atoms with Gasteiger partial charge in [0.2, 0.25) is 11.8 Å². The standard InChI is InChI=1S/C28H30F3N3O4/c1-16-14-34(15-17(2)38-16)24-10-19-5-7-21(13-23(19)33-27(24)36)32-26(35)11-18-4-3-9-37-25-12-20(28(29,30)31)6-8-22(18)25/h5-8,11-13,16-17,24H,3-4,9-10,14-15H2,1-2H3,(H,32,35)(H,33,36)/b18-11+. The predicted octanol–water partition coefficient (Wildman–Crippen LogP) is 4.87. The first-order valence-electron chi connectivity index (χ1n) is 12.8. The second kappa shape index (κ2) is 10.4. The summed E-state index contributed by atoms with van der Waals surface area (Å²) in [5.41, 5.74) is 2.42. The summed E-state index contributed by atoms with van der Waals surface area (Å²) in [7, 11) is 0. The van der Waals surface area contributed by atoms with Gasteiger partial charge in [-0.3, -0.25) is 14.5 Å². The van der Waals surface area contributed by atoms with Gasteiger partial charge in [-0.15, -0.1) is 0 Å². The lowest BCUT2D eigenvalue weighted by Crippen LogP contribution is -2.55. The second-order valence-electron chi connectivity index (χ2n) is 10.1. The Labute approximate surface area is 219 Å². The van der Waals surface area contributed by atoms with E-state index in [1.54, 1.807) is 12.1 Å². The van der Waals surface area contributed by atoms with E-state index in [0.717, 1.165) is 17.7 Å². The molecule has 5 rings (SSSR count). The van der Waals surface area contributed by atoms with Gasteiger partial charge in [0.25, 0.3) is 0 Å². The zero-order chi connectivity index (χ0) is 27.0. The van der Waals surface area contributed by atoms with E-state index in [2.05, 4.69) is 15.5 Å². The Kier molecular flexibility index (Phi) is 7.19. The van der Waals surface area contributed by atoms with Crippen LogP contribution in [0.25, 0.3) is 5.57 Å². The van der Waals surface area contributed by atoms with Crippen molar-refractivity contribution in [2.75, 3.05) is 30.3 Å². The topological polar surface area (TPSA) is 79.9 Å².